The molecule has 0 aromatic heterocycles. The van der Waals surface area contributed by atoms with Crippen LogP contribution in [0.15, 0.2) is 23.9 Å². The molecule has 0 aromatic rings. The van der Waals surface area contributed by atoms with Crippen LogP contribution in [0.5, 0.6) is 0 Å². The largest absolute Gasteiger partial charge is 0.481 e. The number of cyclic esters (lactones) is 1. The van der Waals surface area contributed by atoms with Crippen LogP contribution in [0.4, 0.5) is 0 Å². The highest BCUT2D eigenvalue weighted by molar-refractivity contribution is 5.72. The average molecular weight is 494 g/mol. The van der Waals surface area contributed by atoms with Crippen molar-refractivity contribution in [2.75, 3.05) is 0 Å². The molecule has 1 aliphatic heterocycles. The number of hydrogen-bond donors (Lipinski definition) is 4. The molecule has 35 heavy (non-hydrogen) atoms. The second-order valence-electron chi connectivity index (χ2n) is 11.2. The third-order valence-corrected chi connectivity index (χ3v) is 7.94. The minimum Gasteiger partial charge on any atom is -0.481 e. The van der Waals surface area contributed by atoms with Crippen LogP contribution < -0.4 is 5.32 Å². The summed E-state index contributed by atoms with van der Waals surface area (Å²) in [6.45, 7) is 8.38. The molecule has 2 aliphatic rings. The molecule has 7 heteroatoms. The Kier molecular flexibility index (Phi) is 11.9. The zero-order valence-corrected chi connectivity index (χ0v) is 21.9. The highest BCUT2D eigenvalue weighted by Gasteiger charge is 2.39. The number of hydrogen-bond acceptors (Lipinski definition) is 5. The van der Waals surface area contributed by atoms with Crippen molar-refractivity contribution in [3.05, 3.63) is 31.0 Å². The Hall–Kier alpha value is -1.70. The topological polar surface area (TPSA) is 121 Å². The fourth-order valence-electron chi connectivity index (χ4n) is 6.08. The number of quaternary nitrogens is 1. The van der Waals surface area contributed by atoms with E-state index >= 15 is 0 Å². The van der Waals surface area contributed by atoms with Gasteiger partial charge in [0.1, 0.15) is 17.9 Å². The van der Waals surface area contributed by atoms with Crippen LogP contribution in [0, 0.1) is 42.6 Å². The van der Waals surface area contributed by atoms with Gasteiger partial charge in [0, 0.05) is 12.3 Å². The van der Waals surface area contributed by atoms with Gasteiger partial charge in [-0.1, -0.05) is 46.3 Å². The van der Waals surface area contributed by atoms with Gasteiger partial charge in [-0.2, -0.15) is 0 Å². The maximum absolute atomic E-state index is 12.8. The maximum Gasteiger partial charge on any atom is 0.308 e. The molecule has 0 amide bonds. The lowest BCUT2D eigenvalue weighted by molar-refractivity contribution is -0.552. The number of aliphatic hydroxyl groups excluding tert-OH is 2. The lowest BCUT2D eigenvalue weighted by atomic mass is 9.82. The van der Waals surface area contributed by atoms with Crippen molar-refractivity contribution in [3.63, 3.8) is 0 Å². The van der Waals surface area contributed by atoms with E-state index < -0.39 is 36.2 Å². The van der Waals surface area contributed by atoms with Crippen LogP contribution >= 0.6 is 0 Å². The first-order valence-electron chi connectivity index (χ1n) is 13.3. The number of carboxylic acids is 1. The third kappa shape index (κ3) is 9.03. The van der Waals surface area contributed by atoms with Gasteiger partial charge in [0.15, 0.2) is 0 Å². The summed E-state index contributed by atoms with van der Waals surface area (Å²) in [6.07, 6.45) is 8.55. The first-order chi connectivity index (χ1) is 16.5. The number of nitrogens with two attached hydrogens (primary N) is 1. The maximum atomic E-state index is 12.8. The highest BCUT2D eigenvalue weighted by Crippen LogP contribution is 2.37. The predicted octanol–water partition coefficient (Wildman–Crippen LogP) is 3.42. The zero-order chi connectivity index (χ0) is 26.1. The highest BCUT2D eigenvalue weighted by atomic mass is 16.5. The van der Waals surface area contributed by atoms with Gasteiger partial charge in [0.2, 0.25) is 0 Å². The molecule has 200 valence electrons. The van der Waals surface area contributed by atoms with Crippen LogP contribution in [0.25, 0.3) is 0 Å². The number of esters is 1. The molecule has 9 atom stereocenters. The summed E-state index contributed by atoms with van der Waals surface area (Å²) in [5.74, 6) is -1.32. The number of aliphatic carboxylic acids is 1. The Balaban J connectivity index is 2.29. The van der Waals surface area contributed by atoms with E-state index in [1.807, 2.05) is 25.2 Å². The molecule has 0 spiro atoms. The minimum absolute atomic E-state index is 0.0569. The number of ether oxygens (including phenoxy) is 1. The van der Waals surface area contributed by atoms with E-state index in [9.17, 15) is 24.9 Å². The smallest absolute Gasteiger partial charge is 0.308 e. The summed E-state index contributed by atoms with van der Waals surface area (Å²) >= 11 is 0. The van der Waals surface area contributed by atoms with E-state index in [1.54, 1.807) is 5.32 Å². The fourth-order valence-corrected chi connectivity index (χ4v) is 6.08. The van der Waals surface area contributed by atoms with Gasteiger partial charge >= 0.3 is 11.9 Å². The quantitative estimate of drug-likeness (QED) is 0.353. The van der Waals surface area contributed by atoms with Crippen molar-refractivity contribution in [2.45, 2.75) is 97.4 Å². The number of carbonyl (C=O) groups excluding carboxylic acids is 1. The molecular weight excluding hydrogens is 446 g/mol. The van der Waals surface area contributed by atoms with Gasteiger partial charge in [-0.25, -0.2) is 0 Å². The van der Waals surface area contributed by atoms with Gasteiger partial charge in [0.05, 0.1) is 18.4 Å². The zero-order valence-electron chi connectivity index (χ0n) is 21.9. The van der Waals surface area contributed by atoms with Crippen molar-refractivity contribution in [3.8, 4) is 0 Å². The molecule has 1 saturated carbocycles. The Bertz CT molecular complexity index is 750. The SMILES string of the molecule is [CH2-][NH2+]C1=CC=CCC(C2CCCC2C(=O)O)OC(=O)CC(O)C(C)CC(C)CC(C)CC(C)C1O. The lowest BCUT2D eigenvalue weighted by Crippen LogP contribution is -2.77. The van der Waals surface area contributed by atoms with Crippen LogP contribution in [-0.4, -0.2) is 45.6 Å². The van der Waals surface area contributed by atoms with Crippen molar-refractivity contribution in [2.24, 2.45) is 35.5 Å². The second-order valence-corrected chi connectivity index (χ2v) is 11.2. The molecule has 5 N–H and O–H groups in total. The molecular formula is C28H47NO6. The summed E-state index contributed by atoms with van der Waals surface area (Å²) < 4.78 is 5.81. The second kappa shape index (κ2) is 14.1. The summed E-state index contributed by atoms with van der Waals surface area (Å²) in [7, 11) is 3.86. The van der Waals surface area contributed by atoms with Crippen LogP contribution in [0.1, 0.15) is 79.1 Å². The average Bonchev–Trinajstić information content (AvgIpc) is 3.27. The Morgan fingerprint density at radius 3 is 2.34 bits per heavy atom. The molecule has 1 aliphatic carbocycles. The summed E-state index contributed by atoms with van der Waals surface area (Å²) in [6, 6.07) is 0. The molecule has 9 unspecified atom stereocenters. The summed E-state index contributed by atoms with van der Waals surface area (Å²) in [4.78, 5) is 24.6. The summed E-state index contributed by atoms with van der Waals surface area (Å²) in [5, 5.41) is 32.9. The van der Waals surface area contributed by atoms with Gasteiger partial charge in [0.25, 0.3) is 0 Å². The normalized spacial score (nSPS) is 38.8. The van der Waals surface area contributed by atoms with Crippen molar-refractivity contribution >= 4 is 11.9 Å². The molecule has 1 heterocycles. The van der Waals surface area contributed by atoms with Crippen LogP contribution in [0.2, 0.25) is 0 Å². The Labute approximate surface area is 211 Å². The fraction of sp³-hybridized carbons (Fsp3) is 0.750. The van der Waals surface area contributed by atoms with Crippen molar-refractivity contribution in [1.82, 2.24) is 0 Å². The number of allylic oxidation sites excluding steroid dienone is 2. The first kappa shape index (κ1) is 29.5. The van der Waals surface area contributed by atoms with Gasteiger partial charge in [-0.15, -0.1) is 7.05 Å². The van der Waals surface area contributed by atoms with E-state index in [4.69, 9.17) is 4.74 Å². The number of carbonyl (C=O) groups is 2. The molecule has 0 radical (unpaired) electrons. The van der Waals surface area contributed by atoms with E-state index in [2.05, 4.69) is 27.8 Å². The summed E-state index contributed by atoms with van der Waals surface area (Å²) in [5.41, 5.74) is 0.740. The molecule has 0 aromatic carbocycles. The Morgan fingerprint density at radius 1 is 1.06 bits per heavy atom. The number of aliphatic hydroxyl groups is 2. The monoisotopic (exact) mass is 493 g/mol. The van der Waals surface area contributed by atoms with Gasteiger partial charge in [-0.05, 0) is 61.9 Å². The van der Waals surface area contributed by atoms with Gasteiger partial charge in [-0.3, -0.25) is 9.59 Å². The standard InChI is InChI=1S/C28H47NO6/c1-17-13-18(2)15-20(4)27(32)23(29-5)11-6-7-12-25(21-9-8-10-22(21)28(33)34)35-26(31)16-24(30)19(3)14-17/h6-7,11,17-22,24-25,27,30,32H,5,8-10,12-16,29H2,1-4H3,(H,33,34). The molecule has 0 bridgehead atoms. The van der Waals surface area contributed by atoms with Crippen LogP contribution in [0.3, 0.4) is 0 Å². The minimum atomic E-state index is -0.852. The number of rotatable bonds is 3. The van der Waals surface area contributed by atoms with Gasteiger partial charge < -0.3 is 25.4 Å². The van der Waals surface area contributed by atoms with Crippen molar-refractivity contribution in [1.29, 1.82) is 0 Å². The predicted molar refractivity (Wildman–Crippen MR) is 135 cm³/mol. The molecule has 7 nitrogen and oxygen atoms in total. The van der Waals surface area contributed by atoms with E-state index in [0.29, 0.717) is 31.1 Å². The number of carboxylic acid groups (broad SMARTS) is 1. The first-order valence-corrected chi connectivity index (χ1v) is 13.3. The van der Waals surface area contributed by atoms with Crippen molar-refractivity contribution < 1.29 is 35.0 Å². The van der Waals surface area contributed by atoms with E-state index in [0.717, 1.165) is 31.4 Å². The molecule has 0 saturated heterocycles. The Morgan fingerprint density at radius 2 is 1.71 bits per heavy atom. The van der Waals surface area contributed by atoms with E-state index in [1.165, 1.54) is 0 Å². The lowest BCUT2D eigenvalue weighted by Gasteiger charge is -2.28. The molecule has 2 rings (SSSR count). The van der Waals surface area contributed by atoms with Crippen LogP contribution in [-0.2, 0) is 14.3 Å². The molecule has 1 fully saturated rings. The third-order valence-electron chi connectivity index (χ3n) is 7.94. The van der Waals surface area contributed by atoms with E-state index in [-0.39, 0.29) is 24.2 Å².